The lowest BCUT2D eigenvalue weighted by Gasteiger charge is -2.16. The average molecular weight is 334 g/mol. The normalized spacial score (nSPS) is 12.5. The van der Waals surface area contributed by atoms with E-state index < -0.39 is 6.04 Å². The summed E-state index contributed by atoms with van der Waals surface area (Å²) >= 11 is 12.3. The Morgan fingerprint density at radius 1 is 1.09 bits per heavy atom. The lowest BCUT2D eigenvalue weighted by Crippen LogP contribution is -2.27. The molecule has 112 valence electrons. The molecule has 6 heteroatoms. The second kappa shape index (κ2) is 5.72. The number of rotatable bonds is 2. The number of halogens is 2. The maximum atomic E-state index is 13.0. The van der Waals surface area contributed by atoms with Gasteiger partial charge in [-0.15, -0.1) is 0 Å². The van der Waals surface area contributed by atoms with Crippen LogP contribution in [0.25, 0.3) is 16.6 Å². The number of fused-ring (bicyclic) bond motifs is 1. The molecule has 0 saturated heterocycles. The van der Waals surface area contributed by atoms with Crippen molar-refractivity contribution >= 4 is 34.1 Å². The zero-order valence-electron chi connectivity index (χ0n) is 11.8. The van der Waals surface area contributed by atoms with Gasteiger partial charge < -0.3 is 5.73 Å². The number of para-hydroxylation sites is 1. The van der Waals surface area contributed by atoms with E-state index in [0.717, 1.165) is 0 Å². The maximum Gasteiger partial charge on any atom is 0.267 e. The smallest absolute Gasteiger partial charge is 0.267 e. The van der Waals surface area contributed by atoms with Gasteiger partial charge in [0.2, 0.25) is 0 Å². The molecular weight excluding hydrogens is 321 g/mol. The molecule has 0 aliphatic rings. The van der Waals surface area contributed by atoms with Crippen LogP contribution in [0, 0.1) is 0 Å². The van der Waals surface area contributed by atoms with Gasteiger partial charge in [-0.3, -0.25) is 9.36 Å². The number of hydrogen-bond acceptors (Lipinski definition) is 3. The van der Waals surface area contributed by atoms with E-state index >= 15 is 0 Å². The third kappa shape index (κ3) is 2.39. The lowest BCUT2D eigenvalue weighted by atomic mass is 10.2. The minimum atomic E-state index is -0.438. The first-order valence-electron chi connectivity index (χ1n) is 6.72. The molecule has 22 heavy (non-hydrogen) atoms. The van der Waals surface area contributed by atoms with Crippen LogP contribution in [0.15, 0.2) is 47.3 Å². The van der Waals surface area contributed by atoms with Gasteiger partial charge in [-0.1, -0.05) is 41.4 Å². The summed E-state index contributed by atoms with van der Waals surface area (Å²) in [7, 11) is 0. The Bertz CT molecular complexity index is 905. The van der Waals surface area contributed by atoms with E-state index in [1.807, 2.05) is 30.3 Å². The van der Waals surface area contributed by atoms with Crippen LogP contribution in [-0.2, 0) is 0 Å². The first-order chi connectivity index (χ1) is 10.5. The minimum Gasteiger partial charge on any atom is -0.322 e. The summed E-state index contributed by atoms with van der Waals surface area (Å²) < 4.78 is 1.48. The number of benzene rings is 2. The molecule has 0 amide bonds. The topological polar surface area (TPSA) is 60.9 Å². The molecule has 0 spiro atoms. The van der Waals surface area contributed by atoms with Gasteiger partial charge >= 0.3 is 0 Å². The quantitative estimate of drug-likeness (QED) is 0.777. The third-order valence-electron chi connectivity index (χ3n) is 3.37. The van der Waals surface area contributed by atoms with Crippen molar-refractivity contribution in [3.05, 3.63) is 68.7 Å². The summed E-state index contributed by atoms with van der Waals surface area (Å²) in [4.78, 5) is 17.4. The molecule has 3 aromatic rings. The summed E-state index contributed by atoms with van der Waals surface area (Å²) in [5, 5.41) is 0.985. The van der Waals surface area contributed by atoms with Crippen molar-refractivity contribution in [2.24, 2.45) is 5.73 Å². The number of nitrogens with zero attached hydrogens (tertiary/aromatic N) is 2. The summed E-state index contributed by atoms with van der Waals surface area (Å²) in [5.41, 5.74) is 6.78. The van der Waals surface area contributed by atoms with Gasteiger partial charge in [-0.25, -0.2) is 4.98 Å². The molecule has 1 unspecified atom stereocenters. The van der Waals surface area contributed by atoms with Crippen LogP contribution in [0.3, 0.4) is 0 Å². The lowest BCUT2D eigenvalue weighted by molar-refractivity contribution is 0.696. The molecule has 0 aliphatic carbocycles. The molecule has 4 nitrogen and oxygen atoms in total. The Morgan fingerprint density at radius 2 is 1.73 bits per heavy atom. The molecular formula is C16H13Cl2N3O. The van der Waals surface area contributed by atoms with E-state index in [1.165, 1.54) is 4.57 Å². The molecule has 0 fully saturated rings. The Kier molecular flexibility index (Phi) is 3.91. The van der Waals surface area contributed by atoms with Crippen molar-refractivity contribution in [2.45, 2.75) is 13.0 Å². The third-order valence-corrected chi connectivity index (χ3v) is 3.99. The summed E-state index contributed by atoms with van der Waals surface area (Å²) in [6.45, 7) is 1.77. The number of aromatic nitrogens is 2. The molecule has 1 heterocycles. The molecule has 3 rings (SSSR count). The molecule has 1 atom stereocenters. The fraction of sp³-hybridized carbons (Fsp3) is 0.125. The Balaban J connectivity index is 2.51. The van der Waals surface area contributed by atoms with Crippen molar-refractivity contribution < 1.29 is 0 Å². The highest BCUT2D eigenvalue weighted by Crippen LogP contribution is 2.27. The second-order valence-electron chi connectivity index (χ2n) is 4.99. The van der Waals surface area contributed by atoms with Gasteiger partial charge in [-0.2, -0.15) is 0 Å². The first kappa shape index (κ1) is 15.0. The molecule has 0 saturated carbocycles. The highest BCUT2D eigenvalue weighted by molar-refractivity contribution is 6.39. The molecule has 0 bridgehead atoms. The van der Waals surface area contributed by atoms with Gasteiger partial charge in [0, 0.05) is 0 Å². The fourth-order valence-electron chi connectivity index (χ4n) is 2.37. The van der Waals surface area contributed by atoms with Crippen molar-refractivity contribution in [3.63, 3.8) is 0 Å². The largest absolute Gasteiger partial charge is 0.322 e. The van der Waals surface area contributed by atoms with Crippen LogP contribution in [-0.4, -0.2) is 9.55 Å². The van der Waals surface area contributed by atoms with Crippen molar-refractivity contribution in [2.75, 3.05) is 0 Å². The zero-order valence-corrected chi connectivity index (χ0v) is 13.3. The standard InChI is InChI=1S/C16H13Cl2N3O/c1-9(19)15-20-14-12(18)8-7-11(17)13(14)16(22)21(15)10-5-3-2-4-6-10/h2-9H,19H2,1H3. The van der Waals surface area contributed by atoms with E-state index in [9.17, 15) is 4.79 Å². The van der Waals surface area contributed by atoms with Crippen molar-refractivity contribution in [3.8, 4) is 5.69 Å². The molecule has 2 aromatic carbocycles. The monoisotopic (exact) mass is 333 g/mol. The van der Waals surface area contributed by atoms with Crippen LogP contribution in [0.2, 0.25) is 10.0 Å². The van der Waals surface area contributed by atoms with Crippen LogP contribution >= 0.6 is 23.2 Å². The Morgan fingerprint density at radius 3 is 2.36 bits per heavy atom. The van der Waals surface area contributed by atoms with E-state index in [1.54, 1.807) is 19.1 Å². The molecule has 1 aromatic heterocycles. The van der Waals surface area contributed by atoms with E-state index in [0.29, 0.717) is 32.5 Å². The fourth-order valence-corrected chi connectivity index (χ4v) is 2.80. The van der Waals surface area contributed by atoms with Gasteiger partial charge in [0.1, 0.15) is 5.82 Å². The van der Waals surface area contributed by atoms with Gasteiger partial charge in [-0.05, 0) is 31.2 Å². The molecule has 0 radical (unpaired) electrons. The maximum absolute atomic E-state index is 13.0. The summed E-state index contributed by atoms with van der Waals surface area (Å²) in [5.74, 6) is 0.438. The van der Waals surface area contributed by atoms with E-state index in [-0.39, 0.29) is 5.56 Å². The predicted octanol–water partition coefficient (Wildman–Crippen LogP) is 3.71. The zero-order chi connectivity index (χ0) is 15.9. The minimum absolute atomic E-state index is 0.281. The molecule has 0 aliphatic heterocycles. The van der Waals surface area contributed by atoms with Crippen molar-refractivity contribution in [1.29, 1.82) is 0 Å². The van der Waals surface area contributed by atoms with Crippen LogP contribution in [0.1, 0.15) is 18.8 Å². The van der Waals surface area contributed by atoms with Gasteiger partial charge in [0.05, 0.1) is 32.7 Å². The van der Waals surface area contributed by atoms with Gasteiger partial charge in [0.25, 0.3) is 5.56 Å². The van der Waals surface area contributed by atoms with Crippen LogP contribution in [0.4, 0.5) is 0 Å². The van der Waals surface area contributed by atoms with Gasteiger partial charge in [0.15, 0.2) is 0 Å². The van der Waals surface area contributed by atoms with E-state index in [4.69, 9.17) is 28.9 Å². The average Bonchev–Trinajstić information content (AvgIpc) is 2.51. The highest BCUT2D eigenvalue weighted by Gasteiger charge is 2.18. The Labute approximate surface area is 137 Å². The SMILES string of the molecule is CC(N)c1nc2c(Cl)ccc(Cl)c2c(=O)n1-c1ccccc1. The number of hydrogen-bond donors (Lipinski definition) is 1. The predicted molar refractivity (Wildman–Crippen MR) is 90.0 cm³/mol. The van der Waals surface area contributed by atoms with Crippen LogP contribution < -0.4 is 11.3 Å². The summed E-state index contributed by atoms with van der Waals surface area (Å²) in [6, 6.07) is 12.0. The highest BCUT2D eigenvalue weighted by atomic mass is 35.5. The molecule has 2 N–H and O–H groups in total. The van der Waals surface area contributed by atoms with Crippen LogP contribution in [0.5, 0.6) is 0 Å². The number of nitrogens with two attached hydrogens (primary N) is 1. The first-order valence-corrected chi connectivity index (χ1v) is 7.48. The summed E-state index contributed by atoms with van der Waals surface area (Å²) in [6.07, 6.45) is 0. The Hall–Kier alpha value is -1.88. The van der Waals surface area contributed by atoms with E-state index in [2.05, 4.69) is 4.98 Å². The van der Waals surface area contributed by atoms with Crippen molar-refractivity contribution in [1.82, 2.24) is 9.55 Å². The second-order valence-corrected chi connectivity index (χ2v) is 5.80.